The number of unbranched alkanes of at least 4 members (excludes halogenated alkanes) is 54. The second kappa shape index (κ2) is 78.0. The van der Waals surface area contributed by atoms with E-state index in [4.69, 9.17) is 37.0 Å². The third-order valence-electron chi connectivity index (χ3n) is 20.6. The van der Waals surface area contributed by atoms with Crippen LogP contribution in [0, 0.1) is 17.8 Å². The number of phosphoric ester groups is 2. The number of esters is 4. The zero-order valence-corrected chi connectivity index (χ0v) is 72.4. The second-order valence-electron chi connectivity index (χ2n) is 33.1. The zero-order chi connectivity index (χ0) is 78.6. The average Bonchev–Trinajstić information content (AvgIpc) is 0.904. The molecule has 0 fully saturated rings. The SMILES string of the molecule is CCCCCCCCCCCCCCCCCCCCCCCCC(=O)O[C@H](COC(=O)CCCCCCCCCCCCCCCCCCCCC(C)C)COP(=O)(O)OC[C@@H](O)COP(=O)(O)OC[C@@H](COC(=O)CCCCCCCCCC(C)C)OC(=O)CCCCCCCCCCCCCC(C)C. The van der Waals surface area contributed by atoms with Gasteiger partial charge in [0, 0.05) is 25.7 Å². The van der Waals surface area contributed by atoms with Crippen LogP contribution in [-0.2, 0) is 65.4 Å². The minimum atomic E-state index is -4.97. The highest BCUT2D eigenvalue weighted by Gasteiger charge is 2.31. The van der Waals surface area contributed by atoms with Gasteiger partial charge in [-0.2, -0.15) is 0 Å². The van der Waals surface area contributed by atoms with E-state index in [0.29, 0.717) is 31.6 Å². The molecule has 3 N–H and O–H groups in total. The quantitative estimate of drug-likeness (QED) is 0.0222. The first kappa shape index (κ1) is 105. The Hall–Kier alpha value is -1.94. The summed E-state index contributed by atoms with van der Waals surface area (Å²) < 4.78 is 68.9. The molecular weight excluding hydrogens is 1390 g/mol. The Morgan fingerprint density at radius 1 is 0.252 bits per heavy atom. The van der Waals surface area contributed by atoms with Gasteiger partial charge in [0.25, 0.3) is 0 Å². The predicted octanol–water partition coefficient (Wildman–Crippen LogP) is 26.9. The molecule has 5 atom stereocenters. The van der Waals surface area contributed by atoms with Crippen LogP contribution < -0.4 is 0 Å². The van der Waals surface area contributed by atoms with Crippen LogP contribution in [0.1, 0.15) is 466 Å². The van der Waals surface area contributed by atoms with Gasteiger partial charge in [-0.3, -0.25) is 37.3 Å². The lowest BCUT2D eigenvalue weighted by molar-refractivity contribution is -0.161. The molecule has 0 heterocycles. The van der Waals surface area contributed by atoms with Gasteiger partial charge in [0.2, 0.25) is 0 Å². The van der Waals surface area contributed by atoms with Crippen molar-refractivity contribution in [2.75, 3.05) is 39.6 Å². The van der Waals surface area contributed by atoms with Gasteiger partial charge in [-0.25, -0.2) is 9.13 Å². The van der Waals surface area contributed by atoms with Crippen molar-refractivity contribution in [3.63, 3.8) is 0 Å². The number of hydrogen-bond acceptors (Lipinski definition) is 15. The maximum atomic E-state index is 13.2. The first-order chi connectivity index (χ1) is 51.7. The molecule has 0 saturated heterocycles. The van der Waals surface area contributed by atoms with Gasteiger partial charge in [-0.05, 0) is 43.4 Å². The third-order valence-corrected chi connectivity index (χ3v) is 22.5. The highest BCUT2D eigenvalue weighted by molar-refractivity contribution is 7.47. The average molecular weight is 1560 g/mol. The fourth-order valence-electron chi connectivity index (χ4n) is 13.7. The summed E-state index contributed by atoms with van der Waals surface area (Å²) in [5.41, 5.74) is 0. The predicted molar refractivity (Wildman–Crippen MR) is 441 cm³/mol. The summed E-state index contributed by atoms with van der Waals surface area (Å²) in [7, 11) is -9.93. The van der Waals surface area contributed by atoms with Crippen molar-refractivity contribution >= 4 is 39.5 Å². The number of ether oxygens (including phenoxy) is 4. The van der Waals surface area contributed by atoms with Crippen LogP contribution in [0.15, 0.2) is 0 Å². The molecule has 107 heavy (non-hydrogen) atoms. The molecule has 0 spiro atoms. The van der Waals surface area contributed by atoms with Crippen molar-refractivity contribution in [1.82, 2.24) is 0 Å². The molecule has 0 aromatic heterocycles. The molecule has 0 amide bonds. The number of aliphatic hydroxyl groups excluding tert-OH is 1. The Morgan fingerprint density at radius 2 is 0.430 bits per heavy atom. The minimum Gasteiger partial charge on any atom is -0.462 e. The molecule has 0 rings (SSSR count). The minimum absolute atomic E-state index is 0.106. The third kappa shape index (κ3) is 81.9. The number of carbonyl (C=O) groups excluding carboxylic acids is 4. The molecule has 0 aromatic carbocycles. The number of rotatable bonds is 86. The van der Waals surface area contributed by atoms with Crippen LogP contribution in [0.5, 0.6) is 0 Å². The Balaban J connectivity index is 5.21. The first-order valence-corrected chi connectivity index (χ1v) is 48.3. The van der Waals surface area contributed by atoms with Gasteiger partial charge in [0.1, 0.15) is 19.3 Å². The van der Waals surface area contributed by atoms with Crippen molar-refractivity contribution in [1.29, 1.82) is 0 Å². The first-order valence-electron chi connectivity index (χ1n) is 45.3. The van der Waals surface area contributed by atoms with Gasteiger partial charge in [-0.1, -0.05) is 414 Å². The van der Waals surface area contributed by atoms with Gasteiger partial charge in [0.15, 0.2) is 12.2 Å². The van der Waals surface area contributed by atoms with E-state index in [2.05, 4.69) is 48.5 Å². The molecule has 0 saturated carbocycles. The molecule has 0 radical (unpaired) electrons. The Bertz CT molecular complexity index is 2060. The molecule has 17 nitrogen and oxygen atoms in total. The van der Waals surface area contributed by atoms with Crippen molar-refractivity contribution in [3.8, 4) is 0 Å². The lowest BCUT2D eigenvalue weighted by Gasteiger charge is -2.21. The van der Waals surface area contributed by atoms with E-state index >= 15 is 0 Å². The lowest BCUT2D eigenvalue weighted by Crippen LogP contribution is -2.30. The van der Waals surface area contributed by atoms with Crippen molar-refractivity contribution < 1.29 is 80.2 Å². The molecule has 0 aromatic rings. The summed E-state index contributed by atoms with van der Waals surface area (Å²) in [5.74, 6) is 0.188. The molecular formula is C88H172O17P2. The normalized spacial score (nSPS) is 13.8. The van der Waals surface area contributed by atoms with Crippen LogP contribution in [0.3, 0.4) is 0 Å². The Labute approximate surface area is 658 Å². The molecule has 636 valence electrons. The van der Waals surface area contributed by atoms with Crippen LogP contribution in [0.25, 0.3) is 0 Å². The summed E-state index contributed by atoms with van der Waals surface area (Å²) in [4.78, 5) is 73.2. The fraction of sp³-hybridized carbons (Fsp3) is 0.955. The second-order valence-corrected chi connectivity index (χ2v) is 36.0. The number of phosphoric acid groups is 2. The summed E-state index contributed by atoms with van der Waals surface area (Å²) in [6.07, 6.45) is 69.7. The molecule has 2 unspecified atom stereocenters. The maximum Gasteiger partial charge on any atom is 0.472 e. The van der Waals surface area contributed by atoms with Gasteiger partial charge >= 0.3 is 39.5 Å². The van der Waals surface area contributed by atoms with Gasteiger partial charge < -0.3 is 33.8 Å². The van der Waals surface area contributed by atoms with Gasteiger partial charge in [0.05, 0.1) is 26.4 Å². The Morgan fingerprint density at radius 3 is 0.636 bits per heavy atom. The van der Waals surface area contributed by atoms with E-state index in [1.54, 1.807) is 0 Å². The molecule has 0 aliphatic carbocycles. The van der Waals surface area contributed by atoms with Crippen LogP contribution >= 0.6 is 15.6 Å². The van der Waals surface area contributed by atoms with E-state index in [1.807, 2.05) is 0 Å². The summed E-state index contributed by atoms with van der Waals surface area (Å²) >= 11 is 0. The highest BCUT2D eigenvalue weighted by Crippen LogP contribution is 2.45. The van der Waals surface area contributed by atoms with Crippen LogP contribution in [0.2, 0.25) is 0 Å². The summed E-state index contributed by atoms with van der Waals surface area (Å²) in [6, 6.07) is 0. The number of hydrogen-bond donors (Lipinski definition) is 3. The van der Waals surface area contributed by atoms with E-state index < -0.39 is 97.5 Å². The van der Waals surface area contributed by atoms with Crippen molar-refractivity contribution in [2.45, 2.75) is 484 Å². The smallest absolute Gasteiger partial charge is 0.462 e. The summed E-state index contributed by atoms with van der Waals surface area (Å²) in [5, 5.41) is 10.7. The number of aliphatic hydroxyl groups is 1. The molecule has 19 heteroatoms. The Kier molecular flexibility index (Phi) is 76.6. The largest absolute Gasteiger partial charge is 0.472 e. The summed E-state index contributed by atoms with van der Waals surface area (Å²) in [6.45, 7) is 12.0. The van der Waals surface area contributed by atoms with Crippen molar-refractivity contribution in [2.24, 2.45) is 17.8 Å². The zero-order valence-electron chi connectivity index (χ0n) is 70.6. The fourth-order valence-corrected chi connectivity index (χ4v) is 15.3. The number of carbonyl (C=O) groups is 4. The maximum absolute atomic E-state index is 13.2. The van der Waals surface area contributed by atoms with E-state index in [-0.39, 0.29) is 25.7 Å². The van der Waals surface area contributed by atoms with E-state index in [9.17, 15) is 43.2 Å². The van der Waals surface area contributed by atoms with Crippen molar-refractivity contribution in [3.05, 3.63) is 0 Å². The van der Waals surface area contributed by atoms with E-state index in [1.165, 1.54) is 270 Å². The molecule has 0 aliphatic rings. The topological polar surface area (TPSA) is 237 Å². The monoisotopic (exact) mass is 1560 g/mol. The highest BCUT2D eigenvalue weighted by atomic mass is 31.2. The molecule has 0 aliphatic heterocycles. The van der Waals surface area contributed by atoms with Gasteiger partial charge in [-0.15, -0.1) is 0 Å². The molecule has 0 bridgehead atoms. The lowest BCUT2D eigenvalue weighted by atomic mass is 10.0. The van der Waals surface area contributed by atoms with Crippen LogP contribution in [-0.4, -0.2) is 96.7 Å². The van der Waals surface area contributed by atoms with E-state index in [0.717, 1.165) is 108 Å². The standard InChI is InChI=1S/C88H172O17P2/c1-8-9-10-11-12-13-14-15-16-17-18-19-20-21-26-29-32-37-42-49-57-64-71-87(92)104-83(75-98-85(90)69-62-55-48-41-36-31-28-25-23-22-24-27-30-34-39-45-52-59-66-79(2)3)77-102-106(94,95)100-73-82(89)74-101-107(96,97)103-78-84(76-99-86(91)70-63-56-51-44-47-54-61-68-81(6)7)105-88(93)72-65-58-50-43-38-33-35-40-46-53-60-67-80(4)5/h79-84,89H,8-78H2,1-7H3,(H,94,95)(H,96,97)/t82-,83-,84-/m1/s1. The van der Waals surface area contributed by atoms with Crippen LogP contribution in [0.4, 0.5) is 0 Å².